The number of ether oxygens (including phenoxy) is 4. The molecule has 0 saturated carbocycles. The van der Waals surface area contributed by atoms with Crippen molar-refractivity contribution in [1.29, 1.82) is 0 Å². The monoisotopic (exact) mass is 507 g/mol. The van der Waals surface area contributed by atoms with Crippen LogP contribution in [0.15, 0.2) is 29.1 Å². The number of benzene rings is 1. The third kappa shape index (κ3) is 5.85. The van der Waals surface area contributed by atoms with Gasteiger partial charge in [-0.1, -0.05) is 0 Å². The van der Waals surface area contributed by atoms with Crippen molar-refractivity contribution in [2.75, 3.05) is 28.4 Å². The number of nitrogens with two attached hydrogens (primary N) is 1. The lowest BCUT2D eigenvalue weighted by Gasteiger charge is -2.19. The van der Waals surface area contributed by atoms with Crippen molar-refractivity contribution in [3.05, 3.63) is 45.6 Å². The van der Waals surface area contributed by atoms with Crippen LogP contribution in [0.25, 0.3) is 11.1 Å². The second-order valence-corrected chi connectivity index (χ2v) is 7.67. The number of rotatable bonds is 7. The average Bonchev–Trinajstić information content (AvgIpc) is 3.11. The van der Waals surface area contributed by atoms with Crippen LogP contribution in [0.3, 0.4) is 0 Å². The van der Waals surface area contributed by atoms with E-state index >= 15 is 0 Å². The minimum atomic E-state index is -2.27. The third-order valence-corrected chi connectivity index (χ3v) is 5.57. The molecule has 0 aliphatic heterocycles. The Morgan fingerprint density at radius 3 is 1.92 bits per heavy atom. The maximum absolute atomic E-state index is 12.2. The van der Waals surface area contributed by atoms with Gasteiger partial charge in [0, 0.05) is 11.6 Å². The van der Waals surface area contributed by atoms with Crippen molar-refractivity contribution in [3.63, 3.8) is 0 Å². The molecule has 0 spiro atoms. The summed E-state index contributed by atoms with van der Waals surface area (Å²) in [6, 6.07) is 6.71. The molecular formula is C24H29NO11. The van der Waals surface area contributed by atoms with Gasteiger partial charge in [0.2, 0.25) is 11.2 Å². The van der Waals surface area contributed by atoms with Gasteiger partial charge >= 0.3 is 11.9 Å². The second kappa shape index (κ2) is 12.2. The molecule has 0 saturated heterocycles. The standard InChI is InChI=1S/C20H23NO5.C4H6O6/c1-23-16-10-13-12(6-8-15(16)22)18-11(5-7-14(13)21)9-17(24-2)19(25-3)20(18)26-4;5-1(3(7)8)2(6)4(9)10/h6,8-10,14H,5,7,21H2,1-4H3;1-2,5-6H,(H,7,8)(H,9,10). The Hall–Kier alpha value is -3.87. The predicted molar refractivity (Wildman–Crippen MR) is 127 cm³/mol. The molecule has 2 aromatic carbocycles. The van der Waals surface area contributed by atoms with Crippen LogP contribution in [-0.4, -0.2) is 73.0 Å². The van der Waals surface area contributed by atoms with Gasteiger partial charge in [0.05, 0.1) is 28.4 Å². The highest BCUT2D eigenvalue weighted by molar-refractivity contribution is 5.83. The van der Waals surface area contributed by atoms with Crippen molar-refractivity contribution in [2.24, 2.45) is 5.73 Å². The minimum Gasteiger partial charge on any atom is -0.493 e. The van der Waals surface area contributed by atoms with Crippen LogP contribution < -0.4 is 30.1 Å². The Morgan fingerprint density at radius 1 is 0.889 bits per heavy atom. The Morgan fingerprint density at radius 2 is 1.44 bits per heavy atom. The summed E-state index contributed by atoms with van der Waals surface area (Å²) in [7, 11) is 6.23. The number of aliphatic carboxylic acids is 2. The third-order valence-electron chi connectivity index (χ3n) is 5.57. The van der Waals surface area contributed by atoms with Gasteiger partial charge in [-0.2, -0.15) is 0 Å². The zero-order chi connectivity index (χ0) is 27.2. The summed E-state index contributed by atoms with van der Waals surface area (Å²) < 4.78 is 21.9. The summed E-state index contributed by atoms with van der Waals surface area (Å²) in [6.45, 7) is 0. The Bertz CT molecular complexity index is 1160. The van der Waals surface area contributed by atoms with Crippen molar-refractivity contribution in [1.82, 2.24) is 0 Å². The molecule has 36 heavy (non-hydrogen) atoms. The molecule has 196 valence electrons. The number of aliphatic hydroxyl groups excluding tert-OH is 2. The fraction of sp³-hybridized carbons (Fsp3) is 0.375. The van der Waals surface area contributed by atoms with Gasteiger partial charge < -0.3 is 45.1 Å². The summed E-state index contributed by atoms with van der Waals surface area (Å²) in [4.78, 5) is 31.8. The van der Waals surface area contributed by atoms with Crippen LogP contribution in [0.1, 0.15) is 23.6 Å². The van der Waals surface area contributed by atoms with Gasteiger partial charge in [0.1, 0.15) is 0 Å². The fourth-order valence-corrected chi connectivity index (χ4v) is 3.76. The van der Waals surface area contributed by atoms with Crippen LogP contribution in [0, 0.1) is 0 Å². The van der Waals surface area contributed by atoms with Gasteiger partial charge in [-0.15, -0.1) is 0 Å². The summed E-state index contributed by atoms with van der Waals surface area (Å²) in [5.41, 5.74) is 9.80. The summed E-state index contributed by atoms with van der Waals surface area (Å²) >= 11 is 0. The molecule has 3 atom stereocenters. The highest BCUT2D eigenvalue weighted by Crippen LogP contribution is 2.50. The number of hydrogen-bond donors (Lipinski definition) is 5. The molecule has 12 nitrogen and oxygen atoms in total. The van der Waals surface area contributed by atoms with E-state index in [9.17, 15) is 14.4 Å². The number of methoxy groups -OCH3 is 4. The van der Waals surface area contributed by atoms with Crippen LogP contribution in [0.2, 0.25) is 0 Å². The predicted octanol–water partition coefficient (Wildman–Crippen LogP) is 0.572. The van der Waals surface area contributed by atoms with Gasteiger partial charge in [-0.05, 0) is 53.8 Å². The zero-order valence-electron chi connectivity index (χ0n) is 20.2. The van der Waals surface area contributed by atoms with Crippen LogP contribution >= 0.6 is 0 Å². The quantitative estimate of drug-likeness (QED) is 0.350. The molecule has 1 aliphatic rings. The van der Waals surface area contributed by atoms with E-state index in [1.165, 1.54) is 13.2 Å². The number of carboxylic acid groups (broad SMARTS) is 2. The lowest BCUT2D eigenvalue weighted by molar-refractivity contribution is -0.165. The largest absolute Gasteiger partial charge is 0.493 e. The molecule has 0 radical (unpaired) electrons. The maximum atomic E-state index is 12.2. The van der Waals surface area contributed by atoms with E-state index in [1.807, 2.05) is 6.07 Å². The van der Waals surface area contributed by atoms with Crippen molar-refractivity contribution in [2.45, 2.75) is 31.1 Å². The molecule has 2 aromatic rings. The van der Waals surface area contributed by atoms with Crippen LogP contribution in [0.4, 0.5) is 0 Å². The van der Waals surface area contributed by atoms with Crippen LogP contribution in [0.5, 0.6) is 23.0 Å². The van der Waals surface area contributed by atoms with E-state index in [4.69, 9.17) is 45.1 Å². The van der Waals surface area contributed by atoms with E-state index in [-0.39, 0.29) is 17.2 Å². The molecule has 3 unspecified atom stereocenters. The van der Waals surface area contributed by atoms with E-state index in [0.29, 0.717) is 17.2 Å². The van der Waals surface area contributed by atoms with E-state index in [0.717, 1.165) is 35.1 Å². The summed E-state index contributed by atoms with van der Waals surface area (Å²) in [6.07, 6.45) is -3.06. The van der Waals surface area contributed by atoms with Crippen LogP contribution in [-0.2, 0) is 16.0 Å². The number of aliphatic hydroxyl groups is 2. The molecule has 1 aliphatic carbocycles. The SMILES string of the molecule is COc1cc2c(c(OC)c1OC)-c1ccc(=O)c(OC)cc1C(N)CC2.O=C(O)C(O)C(O)C(=O)O. The number of carboxylic acids is 2. The van der Waals surface area contributed by atoms with Crippen molar-refractivity contribution >= 4 is 11.9 Å². The molecular weight excluding hydrogens is 478 g/mol. The normalized spacial score (nSPS) is 15.5. The van der Waals surface area contributed by atoms with Gasteiger partial charge in [-0.3, -0.25) is 4.79 Å². The van der Waals surface area contributed by atoms with E-state index < -0.39 is 24.1 Å². The average molecular weight is 507 g/mol. The van der Waals surface area contributed by atoms with Crippen molar-refractivity contribution in [3.8, 4) is 34.1 Å². The Balaban J connectivity index is 0.000000388. The topological polar surface area (TPSA) is 195 Å². The lowest BCUT2D eigenvalue weighted by Crippen LogP contribution is -2.39. The molecule has 6 N–H and O–H groups in total. The first kappa shape index (κ1) is 28.4. The molecule has 3 rings (SSSR count). The lowest BCUT2D eigenvalue weighted by atomic mass is 9.95. The first-order valence-corrected chi connectivity index (χ1v) is 10.6. The summed E-state index contributed by atoms with van der Waals surface area (Å²) in [5, 5.41) is 32.5. The first-order valence-electron chi connectivity index (χ1n) is 10.6. The number of hydrogen-bond acceptors (Lipinski definition) is 10. The number of fused-ring (bicyclic) bond motifs is 3. The highest BCUT2D eigenvalue weighted by Gasteiger charge is 2.29. The minimum absolute atomic E-state index is 0.200. The molecule has 0 fully saturated rings. The molecule has 0 amide bonds. The molecule has 0 bridgehead atoms. The smallest absolute Gasteiger partial charge is 0.335 e. The second-order valence-electron chi connectivity index (χ2n) is 7.67. The number of aryl methyl sites for hydroxylation is 1. The fourth-order valence-electron chi connectivity index (χ4n) is 3.76. The number of carbonyl (C=O) groups is 2. The first-order chi connectivity index (χ1) is 17.0. The molecule has 0 heterocycles. The molecule has 0 aromatic heterocycles. The Labute approximate surface area is 206 Å². The van der Waals surface area contributed by atoms with Crippen molar-refractivity contribution < 1.29 is 49.0 Å². The Kier molecular flexibility index (Phi) is 9.61. The van der Waals surface area contributed by atoms with E-state index in [1.54, 1.807) is 33.5 Å². The van der Waals surface area contributed by atoms with Gasteiger partial charge in [0.15, 0.2) is 29.5 Å². The summed E-state index contributed by atoms with van der Waals surface area (Å²) in [5.74, 6) is -1.59. The van der Waals surface area contributed by atoms with Gasteiger partial charge in [0.25, 0.3) is 0 Å². The maximum Gasteiger partial charge on any atom is 0.335 e. The van der Waals surface area contributed by atoms with Gasteiger partial charge in [-0.25, -0.2) is 9.59 Å². The zero-order valence-corrected chi connectivity index (χ0v) is 20.2. The molecule has 12 heteroatoms. The highest BCUT2D eigenvalue weighted by atomic mass is 16.5. The van der Waals surface area contributed by atoms with E-state index in [2.05, 4.69) is 0 Å².